The van der Waals surface area contributed by atoms with Crippen molar-refractivity contribution in [2.45, 2.75) is 0 Å². The summed E-state index contributed by atoms with van der Waals surface area (Å²) in [5, 5.41) is 0. The topological polar surface area (TPSA) is 68.3 Å². The Morgan fingerprint density at radius 2 is 0.417 bits per heavy atom. The summed E-state index contributed by atoms with van der Waals surface area (Å²) >= 11 is 0. The Morgan fingerprint density at radius 1 is 0.417 bits per heavy atom. The molecule has 0 aliphatic rings. The van der Waals surface area contributed by atoms with Gasteiger partial charge in [0.1, 0.15) is 27.2 Å². The minimum Gasteiger partial charge on any atom is -0.358 e. The molecule has 0 aromatic carbocycles. The third-order valence-corrected chi connectivity index (χ3v) is 0. The van der Waals surface area contributed by atoms with E-state index in [2.05, 4.69) is 0 Å². The van der Waals surface area contributed by atoms with Crippen LogP contribution in [0.2, 0.25) is 0 Å². The maximum absolute atomic E-state index is 8.00. The molecule has 0 heterocycles. The predicted molar refractivity (Wildman–Crippen MR) is 47.7 cm³/mol. The summed E-state index contributed by atoms with van der Waals surface area (Å²) in [6.07, 6.45) is 0. The van der Waals surface area contributed by atoms with Crippen molar-refractivity contribution in [1.29, 1.82) is 0 Å². The summed E-state index contributed by atoms with van der Waals surface area (Å²) in [6, 6.07) is 0. The van der Waals surface area contributed by atoms with Gasteiger partial charge in [-0.2, -0.15) is 0 Å². The monoisotopic (exact) mass is 224 g/mol. The first-order valence-electron chi connectivity index (χ1n) is 1.15. The van der Waals surface area contributed by atoms with Crippen molar-refractivity contribution in [2.75, 3.05) is 0 Å². The molecule has 0 aliphatic heterocycles. The Balaban J connectivity index is -0.00000000267. The molecule has 0 unspecified atom stereocenters. The fourth-order valence-corrected chi connectivity index (χ4v) is 0. The van der Waals surface area contributed by atoms with E-state index in [0.29, 0.717) is 0 Å². The molecule has 0 rings (SSSR count). The molecule has 4 nitrogen and oxygen atoms in total. The number of carbonyl (C=O) groups is 4. The molecule has 0 atom stereocenters. The third kappa shape index (κ3) is 930. The molecular weight excluding hydrogens is 207 g/mol. The van der Waals surface area contributed by atoms with Crippen LogP contribution in [-0.2, 0) is 36.0 Å². The zero-order valence-corrected chi connectivity index (χ0v) is 8.84. The summed E-state index contributed by atoms with van der Waals surface area (Å²) in [6.45, 7) is 8.00. The fourth-order valence-electron chi connectivity index (χ4n) is 0. The van der Waals surface area contributed by atoms with Crippen LogP contribution in [0.4, 0.5) is 0 Å². The summed E-state index contributed by atoms with van der Waals surface area (Å²) in [5.41, 5.74) is 0. The molecule has 78 valence electrons. The molecule has 0 aromatic rings. The summed E-state index contributed by atoms with van der Waals surface area (Å²) in [5.74, 6) is 0. The van der Waals surface area contributed by atoms with E-state index in [1.165, 1.54) is 0 Å². The fraction of sp³-hybridized carbons (Fsp3) is 0. The molecule has 0 amide bonds. The van der Waals surface area contributed by atoms with Crippen LogP contribution in [-0.4, -0.2) is 27.2 Å². The van der Waals surface area contributed by atoms with Crippen LogP contribution >= 0.6 is 0 Å². The van der Waals surface area contributed by atoms with Crippen molar-refractivity contribution >= 4 is 27.2 Å². The number of hydrogen-bond acceptors (Lipinski definition) is 4. The van der Waals surface area contributed by atoms with Crippen LogP contribution in [0.15, 0.2) is 0 Å². The standard InChI is InChI=1S/4CH2O.3CH3.Co/c4*1-2;;;;/h4*1H2;3*1H3;/q;;;;3*-1;+3. The summed E-state index contributed by atoms with van der Waals surface area (Å²) in [7, 11) is 0. The molecule has 0 radical (unpaired) electrons. The molecule has 0 fully saturated rings. The van der Waals surface area contributed by atoms with E-state index >= 15 is 0 Å². The maximum atomic E-state index is 8.00. The SMILES string of the molecule is C=O.C=O.C=O.C=O.[CH3-].[CH3-].[CH3-].[Co+3]. The Labute approximate surface area is 85.9 Å². The average Bonchev–Trinajstić information content (AvgIpc) is 2.03. The largest absolute Gasteiger partial charge is 3.00 e. The second-order valence-corrected chi connectivity index (χ2v) is 0. The first-order valence-corrected chi connectivity index (χ1v) is 1.15. The quantitative estimate of drug-likeness (QED) is 0.565. The molecular formula is C7H17CoO4. The maximum Gasteiger partial charge on any atom is 3.00 e. The van der Waals surface area contributed by atoms with Gasteiger partial charge in [-0.25, -0.2) is 0 Å². The van der Waals surface area contributed by atoms with Gasteiger partial charge in [0, 0.05) is 0 Å². The number of rotatable bonds is 0. The summed E-state index contributed by atoms with van der Waals surface area (Å²) in [4.78, 5) is 32.0. The van der Waals surface area contributed by atoms with Gasteiger partial charge in [0.2, 0.25) is 0 Å². The number of carbonyl (C=O) groups excluding carboxylic acids is 4. The third-order valence-electron chi connectivity index (χ3n) is 0. The van der Waals surface area contributed by atoms with Gasteiger partial charge >= 0.3 is 16.8 Å². The van der Waals surface area contributed by atoms with Crippen LogP contribution in [0, 0.1) is 22.3 Å². The van der Waals surface area contributed by atoms with Gasteiger partial charge in [-0.1, -0.05) is 0 Å². The van der Waals surface area contributed by atoms with Crippen LogP contribution in [0.3, 0.4) is 0 Å². The van der Waals surface area contributed by atoms with E-state index < -0.39 is 0 Å². The molecule has 0 aromatic heterocycles. The first-order chi connectivity index (χ1) is 4.00. The van der Waals surface area contributed by atoms with Gasteiger partial charge < -0.3 is 41.5 Å². The van der Waals surface area contributed by atoms with Gasteiger partial charge in [0.05, 0.1) is 0 Å². The van der Waals surface area contributed by atoms with Crippen LogP contribution in [0.5, 0.6) is 0 Å². The predicted octanol–water partition coefficient (Wildman–Crippen LogP) is 0.609. The Bertz CT molecular complexity index is 23.4. The van der Waals surface area contributed by atoms with Crippen LogP contribution in [0.25, 0.3) is 0 Å². The molecule has 0 bridgehead atoms. The van der Waals surface area contributed by atoms with Crippen LogP contribution in [0.1, 0.15) is 0 Å². The van der Waals surface area contributed by atoms with Crippen molar-refractivity contribution in [1.82, 2.24) is 0 Å². The van der Waals surface area contributed by atoms with Crippen molar-refractivity contribution in [3.8, 4) is 0 Å². The first kappa shape index (κ1) is 114. The Morgan fingerprint density at radius 3 is 0.417 bits per heavy atom. The zero-order chi connectivity index (χ0) is 8.00. The van der Waals surface area contributed by atoms with E-state index in [9.17, 15) is 0 Å². The van der Waals surface area contributed by atoms with Gasteiger partial charge in [0.25, 0.3) is 0 Å². The van der Waals surface area contributed by atoms with E-state index in [4.69, 9.17) is 19.2 Å². The van der Waals surface area contributed by atoms with Crippen LogP contribution < -0.4 is 0 Å². The summed E-state index contributed by atoms with van der Waals surface area (Å²) < 4.78 is 0. The Kier molecular flexibility index (Phi) is 12400. The molecule has 0 N–H and O–H groups in total. The number of hydrogen-bond donors (Lipinski definition) is 0. The second-order valence-electron chi connectivity index (χ2n) is 0. The van der Waals surface area contributed by atoms with Gasteiger partial charge in [0.15, 0.2) is 0 Å². The molecule has 0 spiro atoms. The zero-order valence-electron chi connectivity index (χ0n) is 7.79. The minimum absolute atomic E-state index is 0. The van der Waals surface area contributed by atoms with Crippen molar-refractivity contribution in [3.05, 3.63) is 22.3 Å². The molecule has 5 heteroatoms. The van der Waals surface area contributed by atoms with Crippen molar-refractivity contribution in [3.63, 3.8) is 0 Å². The second kappa shape index (κ2) is 1300. The minimum atomic E-state index is 0. The van der Waals surface area contributed by atoms with Gasteiger partial charge in [-0.3, -0.25) is 0 Å². The smallest absolute Gasteiger partial charge is 0.358 e. The van der Waals surface area contributed by atoms with E-state index in [-0.39, 0.29) is 39.1 Å². The molecule has 0 saturated heterocycles. The van der Waals surface area contributed by atoms with Gasteiger partial charge in [-0.05, 0) is 0 Å². The normalized spacial score (nSPS) is 1.33. The molecule has 12 heavy (non-hydrogen) atoms. The Hall–Kier alpha value is -0.814. The van der Waals surface area contributed by atoms with Crippen molar-refractivity contribution in [2.24, 2.45) is 0 Å². The van der Waals surface area contributed by atoms with E-state index in [1.54, 1.807) is 0 Å². The molecule has 0 saturated carbocycles. The average molecular weight is 224 g/mol. The molecule has 0 aliphatic carbocycles. The van der Waals surface area contributed by atoms with E-state index in [0.717, 1.165) is 0 Å². The van der Waals surface area contributed by atoms with Crippen molar-refractivity contribution < 1.29 is 36.0 Å². The van der Waals surface area contributed by atoms with Gasteiger partial charge in [-0.15, -0.1) is 0 Å². The van der Waals surface area contributed by atoms with E-state index in [1.807, 2.05) is 27.2 Å².